The van der Waals surface area contributed by atoms with Gasteiger partial charge < -0.3 is 5.32 Å². The average molecular weight is 218 g/mol. The van der Waals surface area contributed by atoms with Crippen molar-refractivity contribution >= 4 is 10.0 Å². The van der Waals surface area contributed by atoms with Crippen LogP contribution in [0.3, 0.4) is 0 Å². The molecule has 1 spiro atoms. The summed E-state index contributed by atoms with van der Waals surface area (Å²) in [4.78, 5) is 0. The predicted molar refractivity (Wildman–Crippen MR) is 55.6 cm³/mol. The first-order valence-electron chi connectivity index (χ1n) is 5.22. The van der Waals surface area contributed by atoms with E-state index in [0.717, 1.165) is 19.4 Å². The van der Waals surface area contributed by atoms with E-state index < -0.39 is 10.0 Å². The number of sulfonamides is 1. The van der Waals surface area contributed by atoms with Crippen molar-refractivity contribution in [2.45, 2.75) is 31.2 Å². The van der Waals surface area contributed by atoms with Crippen molar-refractivity contribution in [3.8, 4) is 0 Å². The van der Waals surface area contributed by atoms with Gasteiger partial charge in [0.2, 0.25) is 10.0 Å². The Balaban J connectivity index is 1.98. The van der Waals surface area contributed by atoms with Crippen LogP contribution in [0.5, 0.6) is 0 Å². The van der Waals surface area contributed by atoms with Crippen LogP contribution in [-0.4, -0.2) is 44.2 Å². The third-order valence-corrected chi connectivity index (χ3v) is 4.78. The first kappa shape index (κ1) is 10.4. The molecule has 14 heavy (non-hydrogen) atoms. The van der Waals surface area contributed by atoms with Crippen LogP contribution in [0.25, 0.3) is 0 Å². The van der Waals surface area contributed by atoms with Gasteiger partial charge in [-0.1, -0.05) is 0 Å². The second kappa shape index (κ2) is 3.47. The van der Waals surface area contributed by atoms with Crippen molar-refractivity contribution in [2.24, 2.45) is 0 Å². The lowest BCUT2D eigenvalue weighted by Crippen LogP contribution is -2.51. The third kappa shape index (κ3) is 1.94. The Hall–Kier alpha value is -0.130. The minimum atomic E-state index is -2.97. The molecule has 0 atom stereocenters. The topological polar surface area (TPSA) is 49.4 Å². The first-order valence-corrected chi connectivity index (χ1v) is 7.07. The maximum atomic E-state index is 11.3. The van der Waals surface area contributed by atoms with Crippen molar-refractivity contribution in [2.75, 3.05) is 25.9 Å². The van der Waals surface area contributed by atoms with Gasteiger partial charge in [0.05, 0.1) is 6.26 Å². The monoisotopic (exact) mass is 218 g/mol. The summed E-state index contributed by atoms with van der Waals surface area (Å²) in [5.74, 6) is 0. The zero-order valence-corrected chi connectivity index (χ0v) is 9.44. The molecule has 0 radical (unpaired) electrons. The van der Waals surface area contributed by atoms with Crippen molar-refractivity contribution in [1.82, 2.24) is 9.62 Å². The van der Waals surface area contributed by atoms with E-state index in [4.69, 9.17) is 0 Å². The number of hydrogen-bond donors (Lipinski definition) is 1. The lowest BCUT2D eigenvalue weighted by molar-refractivity contribution is 0.214. The second-order valence-electron chi connectivity index (χ2n) is 4.47. The fourth-order valence-electron chi connectivity index (χ4n) is 2.54. The molecule has 0 unspecified atom stereocenters. The summed E-state index contributed by atoms with van der Waals surface area (Å²) in [5, 5.41) is 3.52. The zero-order chi connectivity index (χ0) is 10.2. The molecule has 0 aromatic carbocycles. The molecule has 0 amide bonds. The quantitative estimate of drug-likeness (QED) is 0.682. The highest BCUT2D eigenvalue weighted by molar-refractivity contribution is 7.88. The number of hydrogen-bond acceptors (Lipinski definition) is 3. The van der Waals surface area contributed by atoms with Crippen LogP contribution in [0.15, 0.2) is 0 Å². The van der Waals surface area contributed by atoms with Gasteiger partial charge in [-0.15, -0.1) is 0 Å². The van der Waals surface area contributed by atoms with Crippen molar-refractivity contribution in [3.05, 3.63) is 0 Å². The summed E-state index contributed by atoms with van der Waals surface area (Å²) in [6, 6.07) is 0. The van der Waals surface area contributed by atoms with Crippen LogP contribution in [0.2, 0.25) is 0 Å². The van der Waals surface area contributed by atoms with E-state index in [1.807, 2.05) is 0 Å². The Bertz CT molecular complexity index is 297. The molecule has 2 aliphatic rings. The van der Waals surface area contributed by atoms with E-state index in [0.29, 0.717) is 13.1 Å². The van der Waals surface area contributed by atoms with Gasteiger partial charge >= 0.3 is 0 Å². The summed E-state index contributed by atoms with van der Waals surface area (Å²) in [6.07, 6.45) is 5.69. The molecule has 1 N–H and O–H groups in total. The zero-order valence-electron chi connectivity index (χ0n) is 8.62. The Kier molecular flexibility index (Phi) is 2.57. The molecule has 4 nitrogen and oxygen atoms in total. The van der Waals surface area contributed by atoms with Gasteiger partial charge in [0, 0.05) is 18.6 Å². The minimum absolute atomic E-state index is 0.265. The fraction of sp³-hybridized carbons (Fsp3) is 1.00. The summed E-state index contributed by atoms with van der Waals surface area (Å²) in [5.41, 5.74) is 0.265. The van der Waals surface area contributed by atoms with E-state index in [-0.39, 0.29) is 5.54 Å². The van der Waals surface area contributed by atoms with Gasteiger partial charge in [-0.2, -0.15) is 0 Å². The molecule has 2 fully saturated rings. The van der Waals surface area contributed by atoms with Gasteiger partial charge in [0.15, 0.2) is 0 Å². The van der Waals surface area contributed by atoms with Crippen LogP contribution >= 0.6 is 0 Å². The van der Waals surface area contributed by atoms with Crippen LogP contribution in [-0.2, 0) is 10.0 Å². The number of nitrogens with one attached hydrogen (secondary N) is 1. The summed E-state index contributed by atoms with van der Waals surface area (Å²) in [7, 11) is -2.97. The second-order valence-corrected chi connectivity index (χ2v) is 6.46. The van der Waals surface area contributed by atoms with Crippen LogP contribution in [0, 0.1) is 0 Å². The summed E-state index contributed by atoms with van der Waals surface area (Å²) in [6.45, 7) is 2.47. The predicted octanol–water partition coefficient (Wildman–Crippen LogP) is 0.164. The Morgan fingerprint density at radius 2 is 1.86 bits per heavy atom. The standard InChI is InChI=1S/C9H18N2O2S/c1-14(12,13)11-7-4-9(5-8-11)3-2-6-10-9/h10H,2-8H2,1H3. The fourth-order valence-corrected chi connectivity index (χ4v) is 3.39. The largest absolute Gasteiger partial charge is 0.311 e. The number of nitrogens with zero attached hydrogens (tertiary/aromatic N) is 1. The van der Waals surface area contributed by atoms with E-state index in [9.17, 15) is 8.42 Å². The highest BCUT2D eigenvalue weighted by Gasteiger charge is 2.38. The smallest absolute Gasteiger partial charge is 0.211 e. The number of piperidine rings is 1. The van der Waals surface area contributed by atoms with Crippen molar-refractivity contribution < 1.29 is 8.42 Å². The molecule has 2 aliphatic heterocycles. The van der Waals surface area contributed by atoms with Gasteiger partial charge in [-0.05, 0) is 32.2 Å². The minimum Gasteiger partial charge on any atom is -0.311 e. The van der Waals surface area contributed by atoms with Crippen LogP contribution < -0.4 is 5.32 Å². The summed E-state index contributed by atoms with van der Waals surface area (Å²) < 4.78 is 24.2. The van der Waals surface area contributed by atoms with Crippen molar-refractivity contribution in [1.29, 1.82) is 0 Å². The molecule has 2 rings (SSSR count). The molecule has 0 saturated carbocycles. The maximum absolute atomic E-state index is 11.3. The van der Waals surface area contributed by atoms with Gasteiger partial charge in [0.1, 0.15) is 0 Å². The highest BCUT2D eigenvalue weighted by atomic mass is 32.2. The molecule has 5 heteroatoms. The van der Waals surface area contributed by atoms with Gasteiger partial charge in [0.25, 0.3) is 0 Å². The first-order chi connectivity index (χ1) is 6.52. The molecule has 2 heterocycles. The average Bonchev–Trinajstić information content (AvgIpc) is 2.53. The molecule has 2 saturated heterocycles. The molecule has 0 bridgehead atoms. The van der Waals surface area contributed by atoms with Gasteiger partial charge in [-0.25, -0.2) is 12.7 Å². The lowest BCUT2D eigenvalue weighted by Gasteiger charge is -2.38. The molecular weight excluding hydrogens is 200 g/mol. The van der Waals surface area contributed by atoms with Crippen LogP contribution in [0.4, 0.5) is 0 Å². The normalized spacial score (nSPS) is 28.4. The SMILES string of the molecule is CS(=O)(=O)N1CCC2(CCCN2)CC1. The third-order valence-electron chi connectivity index (χ3n) is 3.48. The van der Waals surface area contributed by atoms with E-state index in [2.05, 4.69) is 5.32 Å². The number of rotatable bonds is 1. The lowest BCUT2D eigenvalue weighted by atomic mass is 9.87. The van der Waals surface area contributed by atoms with Gasteiger partial charge in [-0.3, -0.25) is 0 Å². The van der Waals surface area contributed by atoms with E-state index >= 15 is 0 Å². The van der Waals surface area contributed by atoms with Crippen LogP contribution in [0.1, 0.15) is 25.7 Å². The molecule has 0 aromatic heterocycles. The van der Waals surface area contributed by atoms with Crippen molar-refractivity contribution in [3.63, 3.8) is 0 Å². The highest BCUT2D eigenvalue weighted by Crippen LogP contribution is 2.31. The van der Waals surface area contributed by atoms with E-state index in [1.54, 1.807) is 4.31 Å². The van der Waals surface area contributed by atoms with E-state index in [1.165, 1.54) is 19.1 Å². The Labute approximate surface area is 85.7 Å². The Morgan fingerprint density at radius 3 is 2.29 bits per heavy atom. The Morgan fingerprint density at radius 1 is 1.21 bits per heavy atom. The molecular formula is C9H18N2O2S. The molecule has 0 aliphatic carbocycles. The summed E-state index contributed by atoms with van der Waals surface area (Å²) >= 11 is 0. The molecule has 82 valence electrons. The molecule has 0 aromatic rings. The maximum Gasteiger partial charge on any atom is 0.211 e.